The maximum atomic E-state index is 12.7. The second kappa shape index (κ2) is 11.4. The van der Waals surface area contributed by atoms with Crippen molar-refractivity contribution in [2.45, 2.75) is 40.7 Å². The van der Waals surface area contributed by atoms with E-state index in [0.717, 1.165) is 22.9 Å². The molecule has 1 aliphatic heterocycles. The van der Waals surface area contributed by atoms with Crippen LogP contribution >= 0.6 is 39.9 Å². The van der Waals surface area contributed by atoms with Gasteiger partial charge in [0, 0.05) is 6.54 Å². The molecule has 0 radical (unpaired) electrons. The monoisotopic (exact) mass is 563 g/mol. The van der Waals surface area contributed by atoms with Gasteiger partial charge < -0.3 is 14.6 Å². The molecular weight excluding hydrogens is 538 g/mol. The van der Waals surface area contributed by atoms with Crippen LogP contribution in [0.25, 0.3) is 6.08 Å². The number of carbonyl (C=O) groups is 2. The summed E-state index contributed by atoms with van der Waals surface area (Å²) in [5, 5.41) is 8.91. The second-order valence-electron chi connectivity index (χ2n) is 7.89. The minimum absolute atomic E-state index is 0.0515. The van der Waals surface area contributed by atoms with E-state index in [1.54, 1.807) is 6.08 Å². The van der Waals surface area contributed by atoms with E-state index in [1.165, 1.54) is 21.6 Å². The smallest absolute Gasteiger partial charge is 0.305 e. The van der Waals surface area contributed by atoms with Crippen LogP contribution < -0.4 is 9.47 Å². The van der Waals surface area contributed by atoms with Gasteiger partial charge in [0.05, 0.1) is 22.4 Å². The molecule has 1 fully saturated rings. The number of halogens is 1. The number of thiocarbonyl (C=S) groups is 1. The van der Waals surface area contributed by atoms with Gasteiger partial charge >= 0.3 is 5.97 Å². The van der Waals surface area contributed by atoms with Crippen molar-refractivity contribution >= 4 is 62.2 Å². The van der Waals surface area contributed by atoms with Crippen molar-refractivity contribution in [3.8, 4) is 11.5 Å². The molecule has 180 valence electrons. The molecule has 1 N–H and O–H groups in total. The molecule has 34 heavy (non-hydrogen) atoms. The average molecular weight is 565 g/mol. The Morgan fingerprint density at radius 3 is 2.53 bits per heavy atom. The minimum Gasteiger partial charge on any atom is -0.490 e. The zero-order valence-electron chi connectivity index (χ0n) is 19.4. The van der Waals surface area contributed by atoms with E-state index in [9.17, 15) is 9.59 Å². The highest BCUT2D eigenvalue weighted by atomic mass is 79.9. The van der Waals surface area contributed by atoms with Gasteiger partial charge in [-0.25, -0.2) is 0 Å². The van der Waals surface area contributed by atoms with Gasteiger partial charge in [-0.2, -0.15) is 0 Å². The third-order valence-corrected chi connectivity index (χ3v) is 7.34. The second-order valence-corrected chi connectivity index (χ2v) is 10.4. The summed E-state index contributed by atoms with van der Waals surface area (Å²) in [5.41, 5.74) is 5.47. The van der Waals surface area contributed by atoms with Crippen LogP contribution in [0.2, 0.25) is 0 Å². The van der Waals surface area contributed by atoms with E-state index in [2.05, 4.69) is 48.8 Å². The number of carbonyl (C=O) groups excluding carboxylic acids is 1. The van der Waals surface area contributed by atoms with Crippen molar-refractivity contribution in [3.63, 3.8) is 0 Å². The maximum absolute atomic E-state index is 12.7. The fraction of sp³-hybridized carbons (Fsp3) is 0.320. The molecule has 0 aromatic heterocycles. The van der Waals surface area contributed by atoms with Gasteiger partial charge in [0.1, 0.15) is 10.9 Å². The van der Waals surface area contributed by atoms with Gasteiger partial charge in [-0.05, 0) is 89.7 Å². The Morgan fingerprint density at radius 1 is 1.15 bits per heavy atom. The van der Waals surface area contributed by atoms with E-state index in [0.29, 0.717) is 38.4 Å². The fourth-order valence-corrected chi connectivity index (χ4v) is 5.33. The Labute approximate surface area is 217 Å². The summed E-state index contributed by atoms with van der Waals surface area (Å²) in [4.78, 5) is 25.4. The van der Waals surface area contributed by atoms with Crippen LogP contribution in [-0.2, 0) is 16.2 Å². The number of rotatable bonds is 9. The van der Waals surface area contributed by atoms with Crippen molar-refractivity contribution in [2.24, 2.45) is 0 Å². The van der Waals surface area contributed by atoms with Crippen LogP contribution in [0.15, 0.2) is 33.6 Å². The van der Waals surface area contributed by atoms with Crippen molar-refractivity contribution in [2.75, 3.05) is 13.2 Å². The third-order valence-electron chi connectivity index (χ3n) is 5.38. The molecule has 3 rings (SSSR count). The predicted octanol–water partition coefficient (Wildman–Crippen LogP) is 6.03. The van der Waals surface area contributed by atoms with E-state index < -0.39 is 5.97 Å². The lowest BCUT2D eigenvalue weighted by molar-refractivity contribution is -0.137. The summed E-state index contributed by atoms with van der Waals surface area (Å²) in [6, 6.07) is 7.97. The number of thioether (sulfide) groups is 1. The Kier molecular flexibility index (Phi) is 8.78. The maximum Gasteiger partial charge on any atom is 0.305 e. The van der Waals surface area contributed by atoms with Gasteiger partial charge in [0.2, 0.25) is 0 Å². The standard InChI is InChI=1S/C25H26BrNO5S2/c1-5-31-20-11-17(12-21-24(30)27(25(33)34-21)7-6-22(28)29)10-19(26)23(20)32-13-18-9-15(3)14(2)8-16(18)4/h8-12H,5-7,13H2,1-4H3,(H,28,29)/b21-12+. The van der Waals surface area contributed by atoms with Crippen LogP contribution in [0.5, 0.6) is 11.5 Å². The first kappa shape index (κ1) is 26.2. The average Bonchev–Trinajstić information content (AvgIpc) is 3.02. The summed E-state index contributed by atoms with van der Waals surface area (Å²) in [6.45, 7) is 9.04. The zero-order chi connectivity index (χ0) is 25.0. The Hall–Kier alpha value is -2.36. The Bertz CT molecular complexity index is 1180. The molecule has 0 aliphatic carbocycles. The molecule has 1 aliphatic rings. The molecule has 2 aromatic rings. The molecule has 1 saturated heterocycles. The molecular formula is C25H26BrNO5S2. The SMILES string of the molecule is CCOc1cc(/C=C2/SC(=S)N(CCC(=O)O)C2=O)cc(Br)c1OCc1cc(C)c(C)cc1C. The first-order valence-corrected chi connectivity index (χ1v) is 12.8. The van der Waals surface area contributed by atoms with E-state index in [4.69, 9.17) is 26.8 Å². The molecule has 0 atom stereocenters. The lowest BCUT2D eigenvalue weighted by Gasteiger charge is -2.16. The molecule has 6 nitrogen and oxygen atoms in total. The summed E-state index contributed by atoms with van der Waals surface area (Å²) in [6.07, 6.45) is 1.57. The number of aliphatic carboxylic acids is 1. The Morgan fingerprint density at radius 2 is 1.85 bits per heavy atom. The summed E-state index contributed by atoms with van der Waals surface area (Å²) < 4.78 is 13.1. The number of hydrogen-bond acceptors (Lipinski definition) is 6. The first-order chi connectivity index (χ1) is 16.1. The van der Waals surface area contributed by atoms with Gasteiger partial charge in [-0.3, -0.25) is 14.5 Å². The zero-order valence-corrected chi connectivity index (χ0v) is 22.7. The quantitative estimate of drug-likeness (QED) is 0.295. The van der Waals surface area contributed by atoms with E-state index in [-0.39, 0.29) is 18.9 Å². The van der Waals surface area contributed by atoms with Crippen LogP contribution in [0.3, 0.4) is 0 Å². The highest BCUT2D eigenvalue weighted by molar-refractivity contribution is 9.10. The summed E-state index contributed by atoms with van der Waals surface area (Å²) in [5.74, 6) is -0.123. The van der Waals surface area contributed by atoms with Crippen molar-refractivity contribution < 1.29 is 24.2 Å². The minimum atomic E-state index is -0.977. The Balaban J connectivity index is 1.85. The molecule has 0 unspecified atom stereocenters. The number of ether oxygens (including phenoxy) is 2. The summed E-state index contributed by atoms with van der Waals surface area (Å²) in [7, 11) is 0. The molecule has 0 spiro atoms. The number of benzene rings is 2. The molecule has 0 saturated carbocycles. The number of nitrogens with zero attached hydrogens (tertiary/aromatic N) is 1. The highest BCUT2D eigenvalue weighted by Crippen LogP contribution is 2.40. The molecule has 2 aromatic carbocycles. The topological polar surface area (TPSA) is 76.1 Å². The number of carboxylic acids is 1. The van der Waals surface area contributed by atoms with Gasteiger partial charge in [0.25, 0.3) is 5.91 Å². The first-order valence-electron chi connectivity index (χ1n) is 10.7. The van der Waals surface area contributed by atoms with Gasteiger partial charge in [-0.1, -0.05) is 36.1 Å². The molecule has 9 heteroatoms. The molecule has 1 amide bonds. The van der Waals surface area contributed by atoms with Crippen molar-refractivity contribution in [1.82, 2.24) is 4.90 Å². The summed E-state index contributed by atoms with van der Waals surface area (Å²) >= 11 is 10.0. The number of aryl methyl sites for hydroxylation is 3. The highest BCUT2D eigenvalue weighted by Gasteiger charge is 2.32. The lowest BCUT2D eigenvalue weighted by Crippen LogP contribution is -2.30. The normalized spacial score (nSPS) is 14.7. The number of amides is 1. The van der Waals surface area contributed by atoms with Gasteiger partial charge in [-0.15, -0.1) is 0 Å². The largest absolute Gasteiger partial charge is 0.490 e. The van der Waals surface area contributed by atoms with E-state index >= 15 is 0 Å². The number of hydrogen-bond donors (Lipinski definition) is 1. The predicted molar refractivity (Wildman–Crippen MR) is 142 cm³/mol. The molecule has 0 bridgehead atoms. The molecule has 1 heterocycles. The van der Waals surface area contributed by atoms with Gasteiger partial charge in [0.15, 0.2) is 11.5 Å². The van der Waals surface area contributed by atoms with Crippen molar-refractivity contribution in [3.05, 3.63) is 61.5 Å². The fourth-order valence-electron chi connectivity index (χ4n) is 3.45. The van der Waals surface area contributed by atoms with Crippen LogP contribution in [0, 0.1) is 20.8 Å². The third kappa shape index (κ3) is 6.20. The lowest BCUT2D eigenvalue weighted by atomic mass is 10.0. The number of carboxylic acid groups (broad SMARTS) is 1. The van der Waals surface area contributed by atoms with Crippen LogP contribution in [-0.4, -0.2) is 39.4 Å². The van der Waals surface area contributed by atoms with E-state index in [1.807, 2.05) is 19.1 Å². The van der Waals surface area contributed by atoms with Crippen molar-refractivity contribution in [1.29, 1.82) is 0 Å². The van der Waals surface area contributed by atoms with Crippen LogP contribution in [0.1, 0.15) is 41.2 Å². The van der Waals surface area contributed by atoms with Crippen LogP contribution in [0.4, 0.5) is 0 Å².